The zero-order valence-electron chi connectivity index (χ0n) is 10.7. The monoisotopic (exact) mass is 247 g/mol. The van der Waals surface area contributed by atoms with Gasteiger partial charge in [-0.05, 0) is 30.7 Å². The van der Waals surface area contributed by atoms with E-state index in [1.165, 1.54) is 11.4 Å². The first-order valence-electron chi connectivity index (χ1n) is 6.76. The lowest BCUT2D eigenvalue weighted by Gasteiger charge is -2.29. The molecule has 0 radical (unpaired) electrons. The van der Waals surface area contributed by atoms with E-state index in [2.05, 4.69) is 34.1 Å². The third kappa shape index (κ3) is 2.44. The van der Waals surface area contributed by atoms with E-state index < -0.39 is 0 Å². The van der Waals surface area contributed by atoms with E-state index in [0.717, 1.165) is 45.8 Å². The van der Waals surface area contributed by atoms with Crippen molar-refractivity contribution in [2.24, 2.45) is 5.73 Å². The lowest BCUT2D eigenvalue weighted by molar-refractivity contribution is 0.122. The van der Waals surface area contributed by atoms with Gasteiger partial charge < -0.3 is 20.3 Å². The number of nitrogens with two attached hydrogens (primary N) is 1. The lowest BCUT2D eigenvalue weighted by Crippen LogP contribution is -2.36. The van der Waals surface area contributed by atoms with Crippen molar-refractivity contribution < 1.29 is 4.74 Å². The Morgan fingerprint density at radius 1 is 0.944 bits per heavy atom. The first-order chi connectivity index (χ1) is 8.83. The fraction of sp³-hybridized carbons (Fsp3) is 0.571. The summed E-state index contributed by atoms with van der Waals surface area (Å²) >= 11 is 0. The molecule has 4 heteroatoms. The summed E-state index contributed by atoms with van der Waals surface area (Å²) in [7, 11) is 0. The quantitative estimate of drug-likeness (QED) is 0.848. The maximum Gasteiger partial charge on any atom is 0.0642 e. The number of nitrogens with zero attached hydrogens (tertiary/aromatic N) is 2. The fourth-order valence-electron chi connectivity index (χ4n) is 2.72. The molecule has 0 aliphatic carbocycles. The molecular formula is C14H21N3O. The van der Waals surface area contributed by atoms with E-state index in [9.17, 15) is 0 Å². The van der Waals surface area contributed by atoms with E-state index in [4.69, 9.17) is 10.5 Å². The number of hydrogen-bond donors (Lipinski definition) is 1. The maximum absolute atomic E-state index is 5.95. The molecule has 2 N–H and O–H groups in total. The number of ether oxygens (including phenoxy) is 1. The van der Waals surface area contributed by atoms with Crippen LogP contribution in [0.1, 0.15) is 6.42 Å². The lowest BCUT2D eigenvalue weighted by atomic mass is 10.2. The molecule has 4 nitrogen and oxygen atoms in total. The minimum absolute atomic E-state index is 0.337. The predicted octanol–water partition coefficient (Wildman–Crippen LogP) is 1.06. The largest absolute Gasteiger partial charge is 0.378 e. The van der Waals surface area contributed by atoms with E-state index in [0.29, 0.717) is 6.04 Å². The van der Waals surface area contributed by atoms with Gasteiger partial charge in [-0.25, -0.2) is 0 Å². The standard InChI is InChI=1S/C14H21N3O/c15-12-5-6-17(11-12)14-3-1-13(2-4-14)16-7-9-18-10-8-16/h1-4,12H,5-11,15H2/t12-/m1/s1. The van der Waals surface area contributed by atoms with Gasteiger partial charge in [0.05, 0.1) is 13.2 Å². The molecule has 0 spiro atoms. The molecule has 2 fully saturated rings. The van der Waals surface area contributed by atoms with Crippen LogP contribution in [0.15, 0.2) is 24.3 Å². The third-order valence-electron chi connectivity index (χ3n) is 3.82. The van der Waals surface area contributed by atoms with Crippen molar-refractivity contribution in [1.82, 2.24) is 0 Å². The fourth-order valence-corrected chi connectivity index (χ4v) is 2.72. The molecule has 0 saturated carbocycles. The van der Waals surface area contributed by atoms with Crippen molar-refractivity contribution in [3.63, 3.8) is 0 Å². The highest BCUT2D eigenvalue weighted by Crippen LogP contribution is 2.24. The summed E-state index contributed by atoms with van der Waals surface area (Å²) in [6.07, 6.45) is 1.10. The molecule has 0 unspecified atom stereocenters. The van der Waals surface area contributed by atoms with Crippen LogP contribution in [0.3, 0.4) is 0 Å². The van der Waals surface area contributed by atoms with Crippen LogP contribution in [0.4, 0.5) is 11.4 Å². The van der Waals surface area contributed by atoms with Crippen LogP contribution in [0.2, 0.25) is 0 Å². The Morgan fingerprint density at radius 2 is 1.56 bits per heavy atom. The van der Waals surface area contributed by atoms with Gasteiger partial charge in [0.15, 0.2) is 0 Å². The number of morpholine rings is 1. The number of rotatable bonds is 2. The number of hydrogen-bond acceptors (Lipinski definition) is 4. The van der Waals surface area contributed by atoms with Crippen molar-refractivity contribution in [2.75, 3.05) is 49.2 Å². The topological polar surface area (TPSA) is 41.7 Å². The summed E-state index contributed by atoms with van der Waals surface area (Å²) < 4.78 is 5.37. The Labute approximate surface area is 108 Å². The summed E-state index contributed by atoms with van der Waals surface area (Å²) in [6, 6.07) is 9.18. The average Bonchev–Trinajstić information content (AvgIpc) is 2.87. The van der Waals surface area contributed by atoms with Crippen LogP contribution in [-0.2, 0) is 4.74 Å². The van der Waals surface area contributed by atoms with E-state index in [1.54, 1.807) is 0 Å². The van der Waals surface area contributed by atoms with Crippen molar-refractivity contribution >= 4 is 11.4 Å². The molecule has 98 valence electrons. The Hall–Kier alpha value is -1.26. The van der Waals surface area contributed by atoms with Crippen LogP contribution >= 0.6 is 0 Å². The minimum Gasteiger partial charge on any atom is -0.378 e. The first-order valence-corrected chi connectivity index (χ1v) is 6.76. The van der Waals surface area contributed by atoms with E-state index >= 15 is 0 Å². The molecule has 0 bridgehead atoms. The Morgan fingerprint density at radius 3 is 2.11 bits per heavy atom. The summed E-state index contributed by atoms with van der Waals surface area (Å²) in [4.78, 5) is 4.75. The van der Waals surface area contributed by atoms with Crippen molar-refractivity contribution in [2.45, 2.75) is 12.5 Å². The Balaban J connectivity index is 1.68. The Kier molecular flexibility index (Phi) is 3.39. The Bertz CT molecular complexity index is 363. The SMILES string of the molecule is N[C@@H]1CCN(c2ccc(N3CCOCC3)cc2)C1. The van der Waals surface area contributed by atoms with Gasteiger partial charge in [-0.2, -0.15) is 0 Å². The molecule has 1 atom stereocenters. The van der Waals surface area contributed by atoms with Gasteiger partial charge in [-0.3, -0.25) is 0 Å². The molecule has 1 aromatic rings. The van der Waals surface area contributed by atoms with Crippen LogP contribution in [0, 0.1) is 0 Å². The van der Waals surface area contributed by atoms with Crippen molar-refractivity contribution in [1.29, 1.82) is 0 Å². The summed E-state index contributed by atoms with van der Waals surface area (Å²) in [5.41, 5.74) is 8.53. The normalized spacial score (nSPS) is 24.6. The molecule has 2 saturated heterocycles. The van der Waals surface area contributed by atoms with Crippen LogP contribution < -0.4 is 15.5 Å². The average molecular weight is 247 g/mol. The second kappa shape index (κ2) is 5.16. The number of anilines is 2. The van der Waals surface area contributed by atoms with Crippen LogP contribution in [-0.4, -0.2) is 45.4 Å². The summed E-state index contributed by atoms with van der Waals surface area (Å²) in [6.45, 7) is 5.72. The molecule has 2 aliphatic heterocycles. The van der Waals surface area contributed by atoms with Gasteiger partial charge in [-0.15, -0.1) is 0 Å². The molecule has 0 aromatic heterocycles. The van der Waals surface area contributed by atoms with Gasteiger partial charge in [-0.1, -0.05) is 0 Å². The third-order valence-corrected chi connectivity index (χ3v) is 3.82. The molecule has 1 aromatic carbocycles. The molecule has 0 amide bonds. The molecule has 2 aliphatic rings. The highest BCUT2D eigenvalue weighted by atomic mass is 16.5. The van der Waals surface area contributed by atoms with Crippen LogP contribution in [0.25, 0.3) is 0 Å². The molecule has 3 rings (SSSR count). The minimum atomic E-state index is 0.337. The predicted molar refractivity (Wildman–Crippen MR) is 74.3 cm³/mol. The first kappa shape index (κ1) is 11.8. The second-order valence-corrected chi connectivity index (χ2v) is 5.11. The van der Waals surface area contributed by atoms with Gasteiger partial charge >= 0.3 is 0 Å². The highest BCUT2D eigenvalue weighted by molar-refractivity contribution is 5.57. The van der Waals surface area contributed by atoms with Crippen molar-refractivity contribution in [3.8, 4) is 0 Å². The van der Waals surface area contributed by atoms with Gasteiger partial charge in [0, 0.05) is 43.6 Å². The highest BCUT2D eigenvalue weighted by Gasteiger charge is 2.19. The second-order valence-electron chi connectivity index (χ2n) is 5.11. The van der Waals surface area contributed by atoms with E-state index in [1.807, 2.05) is 0 Å². The number of benzene rings is 1. The van der Waals surface area contributed by atoms with Gasteiger partial charge in [0.1, 0.15) is 0 Å². The van der Waals surface area contributed by atoms with Crippen molar-refractivity contribution in [3.05, 3.63) is 24.3 Å². The molecule has 2 heterocycles. The molecular weight excluding hydrogens is 226 g/mol. The zero-order valence-corrected chi connectivity index (χ0v) is 10.7. The van der Waals surface area contributed by atoms with Gasteiger partial charge in [0.2, 0.25) is 0 Å². The maximum atomic E-state index is 5.95. The van der Waals surface area contributed by atoms with Gasteiger partial charge in [0.25, 0.3) is 0 Å². The van der Waals surface area contributed by atoms with E-state index in [-0.39, 0.29) is 0 Å². The molecule has 18 heavy (non-hydrogen) atoms. The zero-order chi connectivity index (χ0) is 12.4. The van der Waals surface area contributed by atoms with Crippen LogP contribution in [0.5, 0.6) is 0 Å². The summed E-state index contributed by atoms with van der Waals surface area (Å²) in [5.74, 6) is 0. The summed E-state index contributed by atoms with van der Waals surface area (Å²) in [5, 5.41) is 0. The smallest absolute Gasteiger partial charge is 0.0642 e.